The van der Waals surface area contributed by atoms with Crippen molar-refractivity contribution < 1.29 is 0 Å². The van der Waals surface area contributed by atoms with Gasteiger partial charge >= 0.3 is 0 Å². The first kappa shape index (κ1) is 9.21. The maximum absolute atomic E-state index is 6.06. The van der Waals surface area contributed by atoms with E-state index in [0.29, 0.717) is 0 Å². The fourth-order valence-corrected chi connectivity index (χ4v) is 1.63. The zero-order chi connectivity index (χ0) is 10.3. The Morgan fingerprint density at radius 2 is 2.14 bits per heavy atom. The minimum Gasteiger partial charge on any atom is -0.321 e. The van der Waals surface area contributed by atoms with Gasteiger partial charge in [0, 0.05) is 6.20 Å². The molecule has 0 aliphatic heterocycles. The van der Waals surface area contributed by atoms with Crippen LogP contribution in [0, 0.1) is 6.92 Å². The van der Waals surface area contributed by atoms with Crippen LogP contribution in [0.2, 0.25) is 0 Å². The largest absolute Gasteiger partial charge is 0.321 e. The number of fused-ring (bicyclic) bond motifs is 1. The molecule has 0 fully saturated rings. The highest BCUT2D eigenvalue weighted by Gasteiger charge is 2.18. The lowest BCUT2D eigenvalue weighted by molar-refractivity contribution is 0.530. The molecule has 0 unspecified atom stereocenters. The molecule has 14 heavy (non-hydrogen) atoms. The van der Waals surface area contributed by atoms with Gasteiger partial charge in [-0.2, -0.15) is 0 Å². The minimum atomic E-state index is -0.354. The highest BCUT2D eigenvalue weighted by molar-refractivity contribution is 5.48. The number of aromatic nitrogens is 2. The van der Waals surface area contributed by atoms with Gasteiger partial charge in [-0.1, -0.05) is 6.07 Å². The number of hydrogen-bond donors (Lipinski definition) is 1. The first-order valence-electron chi connectivity index (χ1n) is 4.72. The number of nitrogens with two attached hydrogens (primary N) is 1. The molecule has 2 aromatic rings. The van der Waals surface area contributed by atoms with E-state index >= 15 is 0 Å². The lowest BCUT2D eigenvalue weighted by atomic mass is 10.0. The van der Waals surface area contributed by atoms with Crippen molar-refractivity contribution in [3.05, 3.63) is 35.8 Å². The quantitative estimate of drug-likeness (QED) is 0.743. The highest BCUT2D eigenvalue weighted by Crippen LogP contribution is 2.19. The van der Waals surface area contributed by atoms with Crippen LogP contribution in [0.5, 0.6) is 0 Å². The van der Waals surface area contributed by atoms with Gasteiger partial charge in [-0.05, 0) is 32.4 Å². The molecular weight excluding hydrogens is 174 g/mol. The minimum absolute atomic E-state index is 0.354. The average Bonchev–Trinajstić information content (AvgIpc) is 2.47. The first-order chi connectivity index (χ1) is 6.50. The predicted molar refractivity (Wildman–Crippen MR) is 57.1 cm³/mol. The Bertz CT molecular complexity index is 463. The summed E-state index contributed by atoms with van der Waals surface area (Å²) >= 11 is 0. The molecule has 0 spiro atoms. The molecule has 0 saturated heterocycles. The molecule has 3 nitrogen and oxygen atoms in total. The molecule has 2 aromatic heterocycles. The average molecular weight is 189 g/mol. The highest BCUT2D eigenvalue weighted by atomic mass is 15.0. The van der Waals surface area contributed by atoms with Gasteiger partial charge < -0.3 is 10.1 Å². The molecule has 74 valence electrons. The molecule has 0 aromatic carbocycles. The number of hydrogen-bond acceptors (Lipinski definition) is 2. The molecule has 2 heterocycles. The third kappa shape index (κ3) is 1.30. The third-order valence-electron chi connectivity index (χ3n) is 2.39. The van der Waals surface area contributed by atoms with Gasteiger partial charge in [0.05, 0.1) is 17.4 Å². The Hall–Kier alpha value is -1.35. The fraction of sp³-hybridized carbons (Fsp3) is 0.364. The van der Waals surface area contributed by atoms with Crippen molar-refractivity contribution in [2.24, 2.45) is 5.73 Å². The molecule has 2 N–H and O–H groups in total. The Labute approximate surface area is 83.6 Å². The van der Waals surface area contributed by atoms with E-state index in [0.717, 1.165) is 11.3 Å². The zero-order valence-electron chi connectivity index (χ0n) is 8.78. The van der Waals surface area contributed by atoms with Crippen molar-refractivity contribution >= 4 is 5.65 Å². The lowest BCUT2D eigenvalue weighted by Crippen LogP contribution is -2.30. The molecular formula is C11H15N3. The van der Waals surface area contributed by atoms with Crippen molar-refractivity contribution in [3.63, 3.8) is 0 Å². The molecule has 0 aliphatic rings. The van der Waals surface area contributed by atoms with E-state index in [2.05, 4.69) is 22.4 Å². The lowest BCUT2D eigenvalue weighted by Gasteiger charge is -2.17. The summed E-state index contributed by atoms with van der Waals surface area (Å²) in [4.78, 5) is 4.37. The van der Waals surface area contributed by atoms with Gasteiger partial charge in [0.15, 0.2) is 0 Å². The Morgan fingerprint density at radius 3 is 2.79 bits per heavy atom. The summed E-state index contributed by atoms with van der Waals surface area (Å²) < 4.78 is 2.05. The van der Waals surface area contributed by atoms with Crippen molar-refractivity contribution in [2.75, 3.05) is 0 Å². The zero-order valence-corrected chi connectivity index (χ0v) is 8.78. The van der Waals surface area contributed by atoms with Crippen molar-refractivity contribution in [3.8, 4) is 0 Å². The Kier molecular flexibility index (Phi) is 1.86. The van der Waals surface area contributed by atoms with Crippen LogP contribution in [0.25, 0.3) is 5.65 Å². The van der Waals surface area contributed by atoms with Gasteiger partial charge in [-0.25, -0.2) is 4.98 Å². The summed E-state index contributed by atoms with van der Waals surface area (Å²) in [5, 5.41) is 0. The van der Waals surface area contributed by atoms with E-state index in [1.807, 2.05) is 32.3 Å². The fourth-order valence-electron chi connectivity index (χ4n) is 1.63. The van der Waals surface area contributed by atoms with Crippen LogP contribution in [-0.2, 0) is 5.54 Å². The van der Waals surface area contributed by atoms with Crippen LogP contribution in [-0.4, -0.2) is 9.38 Å². The van der Waals surface area contributed by atoms with Crippen LogP contribution in [0.4, 0.5) is 0 Å². The third-order valence-corrected chi connectivity index (χ3v) is 2.39. The molecule has 0 aliphatic carbocycles. The predicted octanol–water partition coefficient (Wildman–Crippen LogP) is 1.84. The second-order valence-electron chi connectivity index (χ2n) is 4.25. The SMILES string of the molecule is Cc1cccn2c(C(C)(C)N)cnc12. The van der Waals surface area contributed by atoms with Crippen molar-refractivity contribution in [1.82, 2.24) is 9.38 Å². The second-order valence-corrected chi connectivity index (χ2v) is 4.25. The topological polar surface area (TPSA) is 43.3 Å². The maximum Gasteiger partial charge on any atom is 0.139 e. The maximum atomic E-state index is 6.06. The van der Waals surface area contributed by atoms with E-state index < -0.39 is 0 Å². The van der Waals surface area contributed by atoms with Crippen LogP contribution in [0.1, 0.15) is 25.1 Å². The molecule has 3 heteroatoms. The van der Waals surface area contributed by atoms with Crippen molar-refractivity contribution in [1.29, 1.82) is 0 Å². The second kappa shape index (κ2) is 2.82. The van der Waals surface area contributed by atoms with Crippen molar-refractivity contribution in [2.45, 2.75) is 26.3 Å². The van der Waals surface area contributed by atoms with Crippen LogP contribution >= 0.6 is 0 Å². The van der Waals surface area contributed by atoms with Gasteiger partial charge in [0.1, 0.15) is 5.65 Å². The molecule has 0 bridgehead atoms. The molecule has 0 saturated carbocycles. The van der Waals surface area contributed by atoms with E-state index in [1.54, 1.807) is 0 Å². The standard InChI is InChI=1S/C11H15N3/c1-8-5-4-6-14-9(11(2,3)12)7-13-10(8)14/h4-7H,12H2,1-3H3. The normalized spacial score (nSPS) is 12.3. The number of nitrogens with zero attached hydrogens (tertiary/aromatic N) is 2. The van der Waals surface area contributed by atoms with Crippen LogP contribution < -0.4 is 5.73 Å². The summed E-state index contributed by atoms with van der Waals surface area (Å²) in [7, 11) is 0. The van der Waals surface area contributed by atoms with E-state index in [-0.39, 0.29) is 5.54 Å². The van der Waals surface area contributed by atoms with Gasteiger partial charge in [-0.15, -0.1) is 0 Å². The van der Waals surface area contributed by atoms with Crippen LogP contribution in [0.3, 0.4) is 0 Å². The number of imidazole rings is 1. The Morgan fingerprint density at radius 1 is 1.43 bits per heavy atom. The molecule has 0 radical (unpaired) electrons. The molecule has 0 amide bonds. The van der Waals surface area contributed by atoms with Gasteiger partial charge in [-0.3, -0.25) is 0 Å². The molecule has 2 rings (SSSR count). The summed E-state index contributed by atoms with van der Waals surface area (Å²) in [5.74, 6) is 0. The van der Waals surface area contributed by atoms with Crippen LogP contribution in [0.15, 0.2) is 24.5 Å². The first-order valence-corrected chi connectivity index (χ1v) is 4.72. The van der Waals surface area contributed by atoms with E-state index in [9.17, 15) is 0 Å². The summed E-state index contributed by atoms with van der Waals surface area (Å²) in [6.07, 6.45) is 3.85. The van der Waals surface area contributed by atoms with Gasteiger partial charge in [0.2, 0.25) is 0 Å². The summed E-state index contributed by atoms with van der Waals surface area (Å²) in [6.45, 7) is 6.02. The van der Waals surface area contributed by atoms with Gasteiger partial charge in [0.25, 0.3) is 0 Å². The number of aryl methyl sites for hydroxylation is 1. The Balaban J connectivity index is 2.76. The number of pyridine rings is 1. The number of rotatable bonds is 1. The summed E-state index contributed by atoms with van der Waals surface area (Å²) in [5.41, 5.74) is 8.90. The molecule has 0 atom stereocenters. The smallest absolute Gasteiger partial charge is 0.139 e. The van der Waals surface area contributed by atoms with E-state index in [4.69, 9.17) is 5.73 Å². The monoisotopic (exact) mass is 189 g/mol. The van der Waals surface area contributed by atoms with E-state index in [1.165, 1.54) is 5.56 Å². The summed E-state index contributed by atoms with van der Waals surface area (Å²) in [6, 6.07) is 4.06.